The molecular weight excluding hydrogens is 264 g/mol. The van der Waals surface area contributed by atoms with Crippen molar-refractivity contribution in [2.75, 3.05) is 6.61 Å². The average Bonchev–Trinajstić information content (AvgIpc) is 2.81. The highest BCUT2D eigenvalue weighted by Gasteiger charge is 2.15. The van der Waals surface area contributed by atoms with Crippen LogP contribution in [-0.2, 0) is 22.4 Å². The molecule has 0 fully saturated rings. The summed E-state index contributed by atoms with van der Waals surface area (Å²) in [5, 5.41) is 9.05. The van der Waals surface area contributed by atoms with Gasteiger partial charge in [0, 0.05) is 11.4 Å². The molecule has 0 aromatic carbocycles. The molecule has 0 spiro atoms. The first kappa shape index (κ1) is 19.0. The van der Waals surface area contributed by atoms with Crippen LogP contribution < -0.4 is 0 Å². The Morgan fingerprint density at radius 3 is 2.24 bits per heavy atom. The van der Waals surface area contributed by atoms with Crippen molar-refractivity contribution in [2.24, 2.45) is 0 Å². The van der Waals surface area contributed by atoms with Gasteiger partial charge in [0.1, 0.15) is 11.6 Å². The van der Waals surface area contributed by atoms with Crippen molar-refractivity contribution in [1.82, 2.24) is 4.98 Å². The van der Waals surface area contributed by atoms with Gasteiger partial charge in [-0.3, -0.25) is 0 Å². The van der Waals surface area contributed by atoms with E-state index in [1.54, 1.807) is 13.0 Å². The SMILES string of the molecule is CC.CCOC(=O)/C(C#N)=C/c1[nH]c(C)c(CC)c1CC. The number of nitrogens with one attached hydrogen (secondary N) is 1. The summed E-state index contributed by atoms with van der Waals surface area (Å²) in [6.45, 7) is 12.2. The van der Waals surface area contributed by atoms with E-state index in [0.29, 0.717) is 0 Å². The number of rotatable bonds is 5. The Bertz CT molecular complexity index is 534. The van der Waals surface area contributed by atoms with Gasteiger partial charge < -0.3 is 9.72 Å². The van der Waals surface area contributed by atoms with Crippen LogP contribution in [0.4, 0.5) is 0 Å². The fourth-order valence-corrected chi connectivity index (χ4v) is 2.24. The van der Waals surface area contributed by atoms with E-state index in [0.717, 1.165) is 29.8 Å². The highest BCUT2D eigenvalue weighted by molar-refractivity contribution is 5.97. The van der Waals surface area contributed by atoms with E-state index in [9.17, 15) is 4.79 Å². The smallest absolute Gasteiger partial charge is 0.348 e. The lowest BCUT2D eigenvalue weighted by atomic mass is 10.0. The molecule has 0 aliphatic rings. The Morgan fingerprint density at radius 1 is 1.24 bits per heavy atom. The van der Waals surface area contributed by atoms with Crippen LogP contribution in [0.3, 0.4) is 0 Å². The van der Waals surface area contributed by atoms with E-state index in [2.05, 4.69) is 18.8 Å². The molecule has 1 aromatic heterocycles. The number of ether oxygens (including phenoxy) is 1. The molecule has 116 valence electrons. The molecule has 0 aliphatic heterocycles. The number of aryl methyl sites for hydroxylation is 1. The molecule has 0 unspecified atom stereocenters. The number of carbonyl (C=O) groups is 1. The highest BCUT2D eigenvalue weighted by atomic mass is 16.5. The van der Waals surface area contributed by atoms with Gasteiger partial charge in [-0.15, -0.1) is 0 Å². The number of aromatic amines is 1. The fourth-order valence-electron chi connectivity index (χ4n) is 2.24. The van der Waals surface area contributed by atoms with Crippen LogP contribution >= 0.6 is 0 Å². The topological polar surface area (TPSA) is 65.9 Å². The molecule has 0 atom stereocenters. The first-order valence-corrected chi connectivity index (χ1v) is 7.58. The molecule has 21 heavy (non-hydrogen) atoms. The summed E-state index contributed by atoms with van der Waals surface area (Å²) in [6, 6.07) is 1.90. The number of nitrogens with zero attached hydrogens (tertiary/aromatic N) is 1. The molecule has 0 saturated carbocycles. The lowest BCUT2D eigenvalue weighted by Crippen LogP contribution is -2.06. The predicted octanol–water partition coefficient (Wildman–Crippen LogP) is 3.94. The fraction of sp³-hybridized carbons (Fsp3) is 0.529. The molecule has 4 heteroatoms. The van der Waals surface area contributed by atoms with Gasteiger partial charge in [0.15, 0.2) is 0 Å². The molecule has 1 heterocycles. The van der Waals surface area contributed by atoms with E-state index >= 15 is 0 Å². The molecule has 0 radical (unpaired) electrons. The van der Waals surface area contributed by atoms with Gasteiger partial charge in [-0.2, -0.15) is 5.26 Å². The zero-order valence-corrected chi connectivity index (χ0v) is 14.0. The first-order chi connectivity index (χ1) is 10.1. The van der Waals surface area contributed by atoms with Gasteiger partial charge in [0.05, 0.1) is 6.61 Å². The number of aromatic nitrogens is 1. The Labute approximate surface area is 127 Å². The lowest BCUT2D eigenvalue weighted by Gasteiger charge is -2.02. The number of hydrogen-bond donors (Lipinski definition) is 1. The van der Waals surface area contributed by atoms with Crippen molar-refractivity contribution in [2.45, 2.75) is 54.4 Å². The summed E-state index contributed by atoms with van der Waals surface area (Å²) in [7, 11) is 0. The molecule has 4 nitrogen and oxygen atoms in total. The Morgan fingerprint density at radius 2 is 1.81 bits per heavy atom. The maximum absolute atomic E-state index is 11.6. The second kappa shape index (κ2) is 9.82. The number of nitriles is 1. The largest absolute Gasteiger partial charge is 0.462 e. The normalized spacial score (nSPS) is 10.4. The van der Waals surface area contributed by atoms with Crippen LogP contribution in [0.1, 0.15) is 57.1 Å². The van der Waals surface area contributed by atoms with Crippen molar-refractivity contribution in [3.05, 3.63) is 28.1 Å². The van der Waals surface area contributed by atoms with Crippen LogP contribution in [-0.4, -0.2) is 17.6 Å². The zero-order chi connectivity index (χ0) is 16.4. The first-order valence-electron chi connectivity index (χ1n) is 7.58. The Balaban J connectivity index is 0.00000191. The van der Waals surface area contributed by atoms with Crippen molar-refractivity contribution in [1.29, 1.82) is 5.26 Å². The third-order valence-electron chi connectivity index (χ3n) is 3.08. The molecule has 0 amide bonds. The van der Waals surface area contributed by atoms with Gasteiger partial charge in [-0.05, 0) is 43.9 Å². The molecule has 0 aliphatic carbocycles. The highest BCUT2D eigenvalue weighted by Crippen LogP contribution is 2.22. The Kier molecular flexibility index (Phi) is 8.87. The van der Waals surface area contributed by atoms with Crippen LogP contribution in [0.5, 0.6) is 0 Å². The second-order valence-electron chi connectivity index (χ2n) is 4.22. The van der Waals surface area contributed by atoms with Crippen LogP contribution in [0.25, 0.3) is 6.08 Å². The third kappa shape index (κ3) is 4.78. The van der Waals surface area contributed by atoms with Crippen molar-refractivity contribution >= 4 is 12.0 Å². The quantitative estimate of drug-likeness (QED) is 0.507. The maximum Gasteiger partial charge on any atom is 0.348 e. The number of esters is 1. The monoisotopic (exact) mass is 290 g/mol. The van der Waals surface area contributed by atoms with Crippen molar-refractivity contribution in [3.8, 4) is 6.07 Å². The van der Waals surface area contributed by atoms with E-state index in [1.807, 2.05) is 26.8 Å². The van der Waals surface area contributed by atoms with Crippen molar-refractivity contribution in [3.63, 3.8) is 0 Å². The predicted molar refractivity (Wildman–Crippen MR) is 85.9 cm³/mol. The molecule has 1 rings (SSSR count). The molecule has 1 aromatic rings. The maximum atomic E-state index is 11.6. The van der Waals surface area contributed by atoms with Crippen LogP contribution in [0.2, 0.25) is 0 Å². The summed E-state index contributed by atoms with van der Waals surface area (Å²) in [5.41, 5.74) is 4.38. The minimum absolute atomic E-state index is 0.0282. The van der Waals surface area contributed by atoms with E-state index in [4.69, 9.17) is 10.00 Å². The number of hydrogen-bond acceptors (Lipinski definition) is 3. The summed E-state index contributed by atoms with van der Waals surface area (Å²) in [5.74, 6) is -0.572. The standard InChI is InChI=1S/C15H20N2O2.C2H6/c1-5-12-10(4)17-14(13(12)6-2)8-11(9-16)15(18)19-7-3;1-2/h8,17H,5-7H2,1-4H3;1-2H3/b11-8+;. The molecule has 0 bridgehead atoms. The minimum Gasteiger partial charge on any atom is -0.462 e. The number of carbonyl (C=O) groups excluding carboxylic acids is 1. The summed E-state index contributed by atoms with van der Waals surface area (Å²) in [4.78, 5) is 14.9. The summed E-state index contributed by atoms with van der Waals surface area (Å²) < 4.78 is 4.86. The van der Waals surface area contributed by atoms with E-state index < -0.39 is 5.97 Å². The van der Waals surface area contributed by atoms with Crippen molar-refractivity contribution < 1.29 is 9.53 Å². The lowest BCUT2D eigenvalue weighted by molar-refractivity contribution is -0.137. The molecular formula is C17H26N2O2. The van der Waals surface area contributed by atoms with Crippen LogP contribution in [0, 0.1) is 18.3 Å². The van der Waals surface area contributed by atoms with E-state index in [1.165, 1.54) is 5.56 Å². The minimum atomic E-state index is -0.572. The van der Waals surface area contributed by atoms with Gasteiger partial charge in [0.2, 0.25) is 0 Å². The number of H-pyrrole nitrogens is 1. The van der Waals surface area contributed by atoms with E-state index in [-0.39, 0.29) is 12.2 Å². The summed E-state index contributed by atoms with van der Waals surface area (Å²) >= 11 is 0. The van der Waals surface area contributed by atoms with Gasteiger partial charge in [-0.25, -0.2) is 4.79 Å². The Hall–Kier alpha value is -2.02. The summed E-state index contributed by atoms with van der Waals surface area (Å²) in [6.07, 6.45) is 3.38. The zero-order valence-electron chi connectivity index (χ0n) is 14.0. The second-order valence-corrected chi connectivity index (χ2v) is 4.22. The van der Waals surface area contributed by atoms with Gasteiger partial charge >= 0.3 is 5.97 Å². The molecule has 1 N–H and O–H groups in total. The third-order valence-corrected chi connectivity index (χ3v) is 3.08. The average molecular weight is 290 g/mol. The van der Waals surface area contributed by atoms with Crippen LogP contribution in [0.15, 0.2) is 5.57 Å². The van der Waals surface area contributed by atoms with Gasteiger partial charge in [0.25, 0.3) is 0 Å². The van der Waals surface area contributed by atoms with Gasteiger partial charge in [-0.1, -0.05) is 27.7 Å². The molecule has 0 saturated heterocycles.